The highest BCUT2D eigenvalue weighted by Crippen LogP contribution is 2.33. The smallest absolute Gasteiger partial charge is 0.257 e. The van der Waals surface area contributed by atoms with Crippen LogP contribution in [-0.2, 0) is 17.6 Å². The molecule has 0 saturated heterocycles. The number of H-pyrrole nitrogens is 1. The van der Waals surface area contributed by atoms with Gasteiger partial charge in [0.25, 0.3) is 5.91 Å². The molecule has 5 heteroatoms. The van der Waals surface area contributed by atoms with Gasteiger partial charge in [0.2, 0.25) is 5.91 Å². The number of carbonyl (C=O) groups is 2. The number of carbonyl (C=O) groups excluding carboxylic acids is 2. The molecule has 0 bridgehead atoms. The van der Waals surface area contributed by atoms with Gasteiger partial charge in [0.15, 0.2) is 0 Å². The van der Waals surface area contributed by atoms with E-state index in [2.05, 4.69) is 28.6 Å². The molecule has 1 unspecified atom stereocenters. The predicted molar refractivity (Wildman–Crippen MR) is 108 cm³/mol. The number of benzene rings is 2. The topological polar surface area (TPSA) is 74.0 Å². The van der Waals surface area contributed by atoms with Crippen molar-refractivity contribution in [3.8, 4) is 0 Å². The molecule has 3 N–H and O–H groups in total. The van der Waals surface area contributed by atoms with Gasteiger partial charge in [0.1, 0.15) is 0 Å². The molecule has 27 heavy (non-hydrogen) atoms. The van der Waals surface area contributed by atoms with Gasteiger partial charge in [-0.25, -0.2) is 0 Å². The fourth-order valence-electron chi connectivity index (χ4n) is 3.84. The molecule has 2 aromatic carbocycles. The van der Waals surface area contributed by atoms with Crippen molar-refractivity contribution in [2.75, 3.05) is 10.6 Å². The Bertz CT molecular complexity index is 1020. The third kappa shape index (κ3) is 3.45. The van der Waals surface area contributed by atoms with Crippen LogP contribution in [0.2, 0.25) is 0 Å². The summed E-state index contributed by atoms with van der Waals surface area (Å²) in [5, 5.41) is 6.82. The maximum atomic E-state index is 12.9. The van der Waals surface area contributed by atoms with Gasteiger partial charge in [-0.3, -0.25) is 9.59 Å². The van der Waals surface area contributed by atoms with Gasteiger partial charge in [0.05, 0.1) is 11.1 Å². The Morgan fingerprint density at radius 1 is 1.04 bits per heavy atom. The normalized spacial score (nSPS) is 16.0. The molecule has 0 aliphatic heterocycles. The van der Waals surface area contributed by atoms with Gasteiger partial charge in [0, 0.05) is 29.4 Å². The summed E-state index contributed by atoms with van der Waals surface area (Å²) in [4.78, 5) is 27.5. The van der Waals surface area contributed by atoms with Crippen LogP contribution < -0.4 is 10.6 Å². The first kappa shape index (κ1) is 17.3. The van der Waals surface area contributed by atoms with Crippen molar-refractivity contribution in [1.82, 2.24) is 4.98 Å². The van der Waals surface area contributed by atoms with Crippen LogP contribution in [0, 0.1) is 5.92 Å². The zero-order valence-corrected chi connectivity index (χ0v) is 15.6. The van der Waals surface area contributed by atoms with Gasteiger partial charge >= 0.3 is 0 Å². The van der Waals surface area contributed by atoms with Crippen molar-refractivity contribution in [2.45, 2.75) is 33.1 Å². The number of rotatable bonds is 3. The minimum Gasteiger partial charge on any atom is -0.358 e. The van der Waals surface area contributed by atoms with Crippen molar-refractivity contribution in [2.24, 2.45) is 5.92 Å². The molecule has 1 heterocycles. The predicted octanol–water partition coefficient (Wildman–Crippen LogP) is 4.50. The average molecular weight is 361 g/mol. The summed E-state index contributed by atoms with van der Waals surface area (Å²) in [6, 6.07) is 13.0. The minimum absolute atomic E-state index is 0.122. The van der Waals surface area contributed by atoms with E-state index in [0.717, 1.165) is 23.7 Å². The van der Waals surface area contributed by atoms with Gasteiger partial charge in [-0.1, -0.05) is 19.1 Å². The zero-order chi connectivity index (χ0) is 19.0. The third-order valence-electron chi connectivity index (χ3n) is 5.18. The summed E-state index contributed by atoms with van der Waals surface area (Å²) < 4.78 is 0. The molecule has 1 aromatic heterocycles. The Labute approximate surface area is 158 Å². The van der Waals surface area contributed by atoms with Crippen LogP contribution >= 0.6 is 0 Å². The number of aromatic nitrogens is 1. The van der Waals surface area contributed by atoms with E-state index in [1.165, 1.54) is 24.6 Å². The van der Waals surface area contributed by atoms with E-state index in [4.69, 9.17) is 0 Å². The monoisotopic (exact) mass is 361 g/mol. The van der Waals surface area contributed by atoms with Gasteiger partial charge < -0.3 is 15.6 Å². The lowest BCUT2D eigenvalue weighted by molar-refractivity contribution is -0.114. The number of anilines is 2. The molecule has 1 aliphatic rings. The number of para-hydroxylation sites is 1. The van der Waals surface area contributed by atoms with Crippen LogP contribution in [-0.4, -0.2) is 16.8 Å². The van der Waals surface area contributed by atoms with Crippen LogP contribution in [0.25, 0.3) is 10.9 Å². The van der Waals surface area contributed by atoms with E-state index < -0.39 is 0 Å². The van der Waals surface area contributed by atoms with Crippen LogP contribution in [0.3, 0.4) is 0 Å². The molecule has 138 valence electrons. The summed E-state index contributed by atoms with van der Waals surface area (Å²) in [7, 11) is 0. The van der Waals surface area contributed by atoms with E-state index in [1.807, 2.05) is 12.1 Å². The van der Waals surface area contributed by atoms with Gasteiger partial charge in [-0.15, -0.1) is 0 Å². The highest BCUT2D eigenvalue weighted by molar-refractivity contribution is 6.12. The Hall–Kier alpha value is -3.08. The SMILES string of the molecule is CC(=O)Nc1ccc(NC(=O)c2cccc3c4c([nH]c23)CCC(C)C4)cc1. The first-order chi connectivity index (χ1) is 13.0. The largest absolute Gasteiger partial charge is 0.358 e. The van der Waals surface area contributed by atoms with Gasteiger partial charge in [-0.2, -0.15) is 0 Å². The van der Waals surface area contributed by atoms with E-state index >= 15 is 0 Å². The number of hydrogen-bond donors (Lipinski definition) is 3. The van der Waals surface area contributed by atoms with Gasteiger partial charge in [-0.05, 0) is 61.1 Å². The van der Waals surface area contributed by atoms with Crippen molar-refractivity contribution in [1.29, 1.82) is 0 Å². The summed E-state index contributed by atoms with van der Waals surface area (Å²) in [6.07, 6.45) is 3.28. The Balaban J connectivity index is 1.60. The van der Waals surface area contributed by atoms with Crippen molar-refractivity contribution >= 4 is 34.1 Å². The number of aromatic amines is 1. The maximum absolute atomic E-state index is 12.9. The first-order valence-corrected chi connectivity index (χ1v) is 9.32. The molecule has 3 aromatic rings. The van der Waals surface area contributed by atoms with Crippen molar-refractivity contribution in [3.63, 3.8) is 0 Å². The average Bonchev–Trinajstić information content (AvgIpc) is 3.01. The van der Waals surface area contributed by atoms with Crippen LogP contribution in [0.1, 0.15) is 41.9 Å². The molecule has 1 aliphatic carbocycles. The second kappa shape index (κ2) is 6.91. The molecule has 0 radical (unpaired) electrons. The maximum Gasteiger partial charge on any atom is 0.257 e. The van der Waals surface area contributed by atoms with E-state index in [1.54, 1.807) is 24.3 Å². The summed E-state index contributed by atoms with van der Waals surface area (Å²) in [5.74, 6) is 0.416. The summed E-state index contributed by atoms with van der Waals surface area (Å²) >= 11 is 0. The fraction of sp³-hybridized carbons (Fsp3) is 0.273. The highest BCUT2D eigenvalue weighted by atomic mass is 16.2. The Morgan fingerprint density at radius 3 is 2.44 bits per heavy atom. The fourth-order valence-corrected chi connectivity index (χ4v) is 3.84. The molecular formula is C22H23N3O2. The lowest BCUT2D eigenvalue weighted by Gasteiger charge is -2.17. The quantitative estimate of drug-likeness (QED) is 0.642. The number of amides is 2. The molecule has 1 atom stereocenters. The number of fused-ring (bicyclic) bond motifs is 3. The molecule has 0 fully saturated rings. The molecule has 0 spiro atoms. The number of hydrogen-bond acceptors (Lipinski definition) is 2. The lowest BCUT2D eigenvalue weighted by atomic mass is 9.87. The molecular weight excluding hydrogens is 338 g/mol. The molecule has 4 rings (SSSR count). The second-order valence-electron chi connectivity index (χ2n) is 7.37. The summed E-state index contributed by atoms with van der Waals surface area (Å²) in [6.45, 7) is 3.75. The van der Waals surface area contributed by atoms with Crippen LogP contribution in [0.5, 0.6) is 0 Å². The zero-order valence-electron chi connectivity index (χ0n) is 15.6. The van der Waals surface area contributed by atoms with E-state index in [-0.39, 0.29) is 11.8 Å². The lowest BCUT2D eigenvalue weighted by Crippen LogP contribution is -2.12. The van der Waals surface area contributed by atoms with Crippen molar-refractivity contribution in [3.05, 3.63) is 59.3 Å². The van der Waals surface area contributed by atoms with Crippen LogP contribution in [0.15, 0.2) is 42.5 Å². The Kier molecular flexibility index (Phi) is 4.44. The first-order valence-electron chi connectivity index (χ1n) is 9.32. The number of aryl methyl sites for hydroxylation is 1. The standard InChI is InChI=1S/C22H23N3O2/c1-13-6-11-20-19(12-13)17-4-3-5-18(21(17)25-20)22(27)24-16-9-7-15(8-10-16)23-14(2)26/h3-5,7-10,13,25H,6,11-12H2,1-2H3,(H,23,26)(H,24,27). The third-order valence-corrected chi connectivity index (χ3v) is 5.18. The molecule has 2 amide bonds. The number of nitrogens with one attached hydrogen (secondary N) is 3. The van der Waals surface area contributed by atoms with Crippen molar-refractivity contribution < 1.29 is 9.59 Å². The summed E-state index contributed by atoms with van der Waals surface area (Å²) in [5.41, 5.74) is 5.59. The highest BCUT2D eigenvalue weighted by Gasteiger charge is 2.22. The Morgan fingerprint density at radius 2 is 1.74 bits per heavy atom. The molecule has 0 saturated carbocycles. The minimum atomic E-state index is -0.139. The molecule has 5 nitrogen and oxygen atoms in total. The van der Waals surface area contributed by atoms with E-state index in [9.17, 15) is 9.59 Å². The second-order valence-corrected chi connectivity index (χ2v) is 7.37. The van der Waals surface area contributed by atoms with Crippen LogP contribution in [0.4, 0.5) is 11.4 Å². The van der Waals surface area contributed by atoms with E-state index in [0.29, 0.717) is 22.9 Å².